The third-order valence-corrected chi connectivity index (χ3v) is 6.36. The van der Waals surface area contributed by atoms with Gasteiger partial charge in [0.25, 0.3) is 0 Å². The van der Waals surface area contributed by atoms with Gasteiger partial charge in [0.05, 0.1) is 19.0 Å². The zero-order valence-electron chi connectivity index (χ0n) is 9.15. The number of carbonyl (C=O) groups excluding carboxylic acids is 1. The monoisotopic (exact) mass is 222 g/mol. The first-order chi connectivity index (χ1) is 6.79. The summed E-state index contributed by atoms with van der Waals surface area (Å²) in [6, 6.07) is 0. The molecule has 1 fully saturated rings. The average molecular weight is 222 g/mol. The van der Waals surface area contributed by atoms with Gasteiger partial charge in [0.15, 0.2) is 5.78 Å². The van der Waals surface area contributed by atoms with E-state index < -0.39 is 0 Å². The summed E-state index contributed by atoms with van der Waals surface area (Å²) in [6.07, 6.45) is 5.02. The molecule has 0 unspecified atom stereocenters. The molecule has 0 aromatic heterocycles. The first kappa shape index (κ1) is 10.1. The van der Waals surface area contributed by atoms with Crippen LogP contribution >= 0.6 is 0 Å². The molecule has 1 saturated carbocycles. The number of fused-ring (bicyclic) bond motifs is 1. The Labute approximate surface area is 90.3 Å². The quantitative estimate of drug-likeness (QED) is 0.639. The Balaban J connectivity index is 2.44. The number of carbonyl (C=O) groups is 1. The Morgan fingerprint density at radius 1 is 0.929 bits per heavy atom. The number of hydrogen-bond acceptors (Lipinski definition) is 1. The van der Waals surface area contributed by atoms with E-state index in [0.717, 1.165) is 0 Å². The maximum Gasteiger partial charge on any atom is 0.176 e. The molecular formula is C11H18OSi2. The number of Topliss-reactive ketones (excluding diaryl/α,β-unsaturated/α-hetero) is 1. The normalized spacial score (nSPS) is 23.7. The Bertz CT molecular complexity index is 307. The predicted octanol–water partition coefficient (Wildman–Crippen LogP) is 1.09. The molecule has 1 nitrogen and oxygen atoms in total. The Morgan fingerprint density at radius 2 is 1.36 bits per heavy atom. The van der Waals surface area contributed by atoms with Gasteiger partial charge in [-0.15, -0.1) is 0 Å². The second-order valence-electron chi connectivity index (χ2n) is 4.16. The highest BCUT2D eigenvalue weighted by Crippen LogP contribution is 2.38. The van der Waals surface area contributed by atoms with E-state index in [1.807, 2.05) is 0 Å². The molecular weight excluding hydrogens is 204 g/mol. The molecule has 14 heavy (non-hydrogen) atoms. The van der Waals surface area contributed by atoms with E-state index in [9.17, 15) is 4.79 Å². The lowest BCUT2D eigenvalue weighted by Crippen LogP contribution is -2.09. The second kappa shape index (κ2) is 3.99. The van der Waals surface area contributed by atoms with E-state index in [2.05, 4.69) is 13.1 Å². The lowest BCUT2D eigenvalue weighted by atomic mass is 9.92. The standard InChI is InChI=1S/C11H18OSi2/c1-13-10-7-5-3-4-6-8(7)11(14-2)9(10)12/h3-6,13-14H2,1-2H3. The molecule has 2 aliphatic carbocycles. The van der Waals surface area contributed by atoms with Crippen LogP contribution in [-0.4, -0.2) is 24.8 Å². The van der Waals surface area contributed by atoms with Crippen LogP contribution in [0, 0.1) is 0 Å². The van der Waals surface area contributed by atoms with Crippen molar-refractivity contribution in [1.82, 2.24) is 0 Å². The van der Waals surface area contributed by atoms with Crippen molar-refractivity contribution < 1.29 is 4.79 Å². The summed E-state index contributed by atoms with van der Waals surface area (Å²) >= 11 is 0. The topological polar surface area (TPSA) is 17.1 Å². The van der Waals surface area contributed by atoms with Crippen LogP contribution in [0.15, 0.2) is 21.5 Å². The van der Waals surface area contributed by atoms with E-state index in [-0.39, 0.29) is 19.0 Å². The maximum absolute atomic E-state index is 12.1. The first-order valence-electron chi connectivity index (χ1n) is 5.78. The minimum Gasteiger partial charge on any atom is -0.290 e. The van der Waals surface area contributed by atoms with Crippen LogP contribution in [-0.2, 0) is 4.79 Å². The third-order valence-electron chi connectivity index (χ3n) is 3.45. The van der Waals surface area contributed by atoms with Gasteiger partial charge in [-0.3, -0.25) is 4.79 Å². The molecule has 0 spiro atoms. The van der Waals surface area contributed by atoms with Gasteiger partial charge in [-0.1, -0.05) is 13.1 Å². The number of hydrogen-bond donors (Lipinski definition) is 0. The highest BCUT2D eigenvalue weighted by atomic mass is 28.2. The molecule has 0 amide bonds. The highest BCUT2D eigenvalue weighted by molar-refractivity contribution is 6.65. The van der Waals surface area contributed by atoms with Gasteiger partial charge in [0.1, 0.15) is 0 Å². The molecule has 0 aliphatic heterocycles. The van der Waals surface area contributed by atoms with Crippen LogP contribution in [0.4, 0.5) is 0 Å². The van der Waals surface area contributed by atoms with Gasteiger partial charge in [-0.2, -0.15) is 0 Å². The van der Waals surface area contributed by atoms with Crippen LogP contribution in [0.25, 0.3) is 0 Å². The van der Waals surface area contributed by atoms with Crippen molar-refractivity contribution in [3.05, 3.63) is 21.5 Å². The van der Waals surface area contributed by atoms with Gasteiger partial charge in [0.2, 0.25) is 0 Å². The van der Waals surface area contributed by atoms with Crippen molar-refractivity contribution in [2.24, 2.45) is 0 Å². The maximum atomic E-state index is 12.1. The van der Waals surface area contributed by atoms with Crippen molar-refractivity contribution >= 4 is 24.8 Å². The molecule has 0 radical (unpaired) electrons. The lowest BCUT2D eigenvalue weighted by Gasteiger charge is -2.16. The van der Waals surface area contributed by atoms with Crippen LogP contribution in [0.3, 0.4) is 0 Å². The summed E-state index contributed by atoms with van der Waals surface area (Å²) in [5.41, 5.74) is 3.03. The van der Waals surface area contributed by atoms with E-state index in [1.165, 1.54) is 47.2 Å². The van der Waals surface area contributed by atoms with Crippen molar-refractivity contribution in [2.45, 2.75) is 38.8 Å². The fourth-order valence-electron chi connectivity index (χ4n) is 2.78. The zero-order valence-corrected chi connectivity index (χ0v) is 12.0. The minimum absolute atomic E-state index is 0.253. The molecule has 0 aromatic rings. The first-order valence-corrected chi connectivity index (χ1v) is 10.0. The summed E-state index contributed by atoms with van der Waals surface area (Å²) in [4.78, 5) is 12.1. The van der Waals surface area contributed by atoms with E-state index >= 15 is 0 Å². The summed E-state index contributed by atoms with van der Waals surface area (Å²) in [5.74, 6) is 0.486. The molecule has 0 saturated heterocycles. The fourth-order valence-corrected chi connectivity index (χ4v) is 5.73. The molecule has 0 aromatic carbocycles. The molecule has 0 bridgehead atoms. The zero-order chi connectivity index (χ0) is 10.1. The molecule has 0 heterocycles. The lowest BCUT2D eigenvalue weighted by molar-refractivity contribution is -0.111. The summed E-state index contributed by atoms with van der Waals surface area (Å²) < 4.78 is 0. The Kier molecular flexibility index (Phi) is 2.88. The molecule has 76 valence electrons. The second-order valence-corrected chi connectivity index (χ2v) is 6.99. The van der Waals surface area contributed by atoms with Gasteiger partial charge < -0.3 is 0 Å². The molecule has 0 N–H and O–H groups in total. The number of rotatable bonds is 2. The smallest absolute Gasteiger partial charge is 0.176 e. The highest BCUT2D eigenvalue weighted by Gasteiger charge is 2.30. The van der Waals surface area contributed by atoms with E-state index in [1.54, 1.807) is 0 Å². The summed E-state index contributed by atoms with van der Waals surface area (Å²) in [7, 11) is -0.506. The molecule has 3 heteroatoms. The molecule has 2 aliphatic rings. The van der Waals surface area contributed by atoms with Crippen molar-refractivity contribution in [2.75, 3.05) is 0 Å². The number of ketones is 1. The van der Waals surface area contributed by atoms with Crippen molar-refractivity contribution in [3.63, 3.8) is 0 Å². The predicted molar refractivity (Wildman–Crippen MR) is 66.3 cm³/mol. The molecule has 2 rings (SSSR count). The van der Waals surface area contributed by atoms with Crippen LogP contribution < -0.4 is 0 Å². The van der Waals surface area contributed by atoms with Crippen LogP contribution in [0.2, 0.25) is 13.1 Å². The third kappa shape index (κ3) is 1.39. The Morgan fingerprint density at radius 3 is 1.71 bits per heavy atom. The van der Waals surface area contributed by atoms with E-state index in [4.69, 9.17) is 0 Å². The van der Waals surface area contributed by atoms with Gasteiger partial charge in [-0.05, 0) is 47.2 Å². The minimum atomic E-state index is -0.253. The molecule has 0 atom stereocenters. The van der Waals surface area contributed by atoms with Crippen molar-refractivity contribution in [3.8, 4) is 0 Å². The SMILES string of the molecule is C[SiH2]C1=C2CCCCC2=C([SiH2]C)C1=O. The van der Waals surface area contributed by atoms with Gasteiger partial charge in [0, 0.05) is 0 Å². The van der Waals surface area contributed by atoms with E-state index in [0.29, 0.717) is 5.78 Å². The summed E-state index contributed by atoms with van der Waals surface area (Å²) in [5, 5.41) is 2.59. The Hall–Kier alpha value is -0.416. The van der Waals surface area contributed by atoms with Gasteiger partial charge >= 0.3 is 0 Å². The van der Waals surface area contributed by atoms with Crippen molar-refractivity contribution in [1.29, 1.82) is 0 Å². The summed E-state index contributed by atoms with van der Waals surface area (Å²) in [6.45, 7) is 4.51. The fraction of sp³-hybridized carbons (Fsp3) is 0.545. The average Bonchev–Trinajstić information content (AvgIpc) is 2.49. The van der Waals surface area contributed by atoms with Crippen LogP contribution in [0.1, 0.15) is 25.7 Å². The number of allylic oxidation sites excluding steroid dienone is 4. The van der Waals surface area contributed by atoms with Gasteiger partial charge in [-0.25, -0.2) is 0 Å². The largest absolute Gasteiger partial charge is 0.290 e. The van der Waals surface area contributed by atoms with Crippen LogP contribution in [0.5, 0.6) is 0 Å².